The number of nitrogens with one attached hydrogen (secondary N) is 1. The normalized spacial score (nSPS) is 11.6. The van der Waals surface area contributed by atoms with Gasteiger partial charge in [0.05, 0.1) is 7.11 Å². The topological polar surface area (TPSA) is 47.6 Å². The van der Waals surface area contributed by atoms with Gasteiger partial charge in [0.1, 0.15) is 11.5 Å². The second kappa shape index (κ2) is 8.96. The third-order valence-electron chi connectivity index (χ3n) is 4.04. The van der Waals surface area contributed by atoms with E-state index < -0.39 is 0 Å². The summed E-state index contributed by atoms with van der Waals surface area (Å²) in [5.74, 6) is 1.82. The molecular weight excluding hydrogens is 302 g/mol. The van der Waals surface area contributed by atoms with Crippen LogP contribution in [-0.4, -0.2) is 19.6 Å². The Morgan fingerprint density at radius 1 is 1.17 bits per heavy atom. The quantitative estimate of drug-likeness (QED) is 0.800. The Labute approximate surface area is 143 Å². The van der Waals surface area contributed by atoms with E-state index in [0.717, 1.165) is 29.0 Å². The molecule has 0 saturated carbocycles. The summed E-state index contributed by atoms with van der Waals surface area (Å²) in [5.41, 5.74) is 2.13. The first-order valence-corrected chi connectivity index (χ1v) is 8.25. The van der Waals surface area contributed by atoms with Crippen LogP contribution in [0.15, 0.2) is 48.5 Å². The molecule has 1 atom stereocenters. The molecule has 0 spiro atoms. The van der Waals surface area contributed by atoms with Crippen LogP contribution in [0, 0.1) is 0 Å². The van der Waals surface area contributed by atoms with Gasteiger partial charge in [0.15, 0.2) is 6.61 Å². The molecule has 24 heavy (non-hydrogen) atoms. The van der Waals surface area contributed by atoms with Gasteiger partial charge in [-0.05, 0) is 41.7 Å². The van der Waals surface area contributed by atoms with E-state index in [-0.39, 0.29) is 12.5 Å². The van der Waals surface area contributed by atoms with Gasteiger partial charge < -0.3 is 14.8 Å². The molecule has 0 bridgehead atoms. The summed E-state index contributed by atoms with van der Waals surface area (Å²) in [4.78, 5) is 12.0. The first-order chi connectivity index (χ1) is 11.6. The molecular formula is C20H25NO3. The molecule has 4 heteroatoms. The lowest BCUT2D eigenvalue weighted by Crippen LogP contribution is -2.28. The Bertz CT molecular complexity index is 669. The standard InChI is InChI=1S/C20H25NO3/c1-4-15(2)18-10-5-6-11-19(18)24-14-20(22)21-13-16-8-7-9-17(12-16)23-3/h5-12,15H,4,13-14H2,1-3H3,(H,21,22). The van der Waals surface area contributed by atoms with Crippen molar-refractivity contribution in [1.29, 1.82) is 0 Å². The summed E-state index contributed by atoms with van der Waals surface area (Å²) in [6.45, 7) is 4.76. The summed E-state index contributed by atoms with van der Waals surface area (Å²) in [6, 6.07) is 15.5. The first kappa shape index (κ1) is 17.9. The van der Waals surface area contributed by atoms with Crippen LogP contribution in [0.5, 0.6) is 11.5 Å². The fourth-order valence-electron chi connectivity index (χ4n) is 2.42. The largest absolute Gasteiger partial charge is 0.497 e. The summed E-state index contributed by atoms with van der Waals surface area (Å²) in [5, 5.41) is 2.86. The van der Waals surface area contributed by atoms with E-state index in [1.54, 1.807) is 7.11 Å². The van der Waals surface area contributed by atoms with Crippen LogP contribution in [-0.2, 0) is 11.3 Å². The number of amides is 1. The molecule has 1 N–H and O–H groups in total. The molecule has 0 heterocycles. The van der Waals surface area contributed by atoms with Gasteiger partial charge >= 0.3 is 0 Å². The molecule has 2 rings (SSSR count). The molecule has 0 fully saturated rings. The number of carbonyl (C=O) groups is 1. The Morgan fingerprint density at radius 2 is 1.96 bits per heavy atom. The zero-order valence-electron chi connectivity index (χ0n) is 14.5. The number of carbonyl (C=O) groups excluding carboxylic acids is 1. The molecule has 4 nitrogen and oxygen atoms in total. The van der Waals surface area contributed by atoms with E-state index in [1.807, 2.05) is 42.5 Å². The van der Waals surface area contributed by atoms with Crippen molar-refractivity contribution in [2.45, 2.75) is 32.7 Å². The highest BCUT2D eigenvalue weighted by Crippen LogP contribution is 2.28. The Kier molecular flexibility index (Phi) is 6.67. The number of benzene rings is 2. The van der Waals surface area contributed by atoms with Gasteiger partial charge in [-0.1, -0.05) is 44.2 Å². The van der Waals surface area contributed by atoms with Crippen LogP contribution in [0.2, 0.25) is 0 Å². The Hall–Kier alpha value is -2.49. The van der Waals surface area contributed by atoms with E-state index >= 15 is 0 Å². The van der Waals surface area contributed by atoms with Crippen LogP contribution in [0.4, 0.5) is 0 Å². The highest BCUT2D eigenvalue weighted by Gasteiger charge is 2.11. The lowest BCUT2D eigenvalue weighted by molar-refractivity contribution is -0.123. The molecule has 0 aromatic heterocycles. The van der Waals surface area contributed by atoms with Crippen LogP contribution in [0.3, 0.4) is 0 Å². The van der Waals surface area contributed by atoms with Crippen molar-refractivity contribution >= 4 is 5.91 Å². The van der Waals surface area contributed by atoms with Gasteiger partial charge in [-0.3, -0.25) is 4.79 Å². The van der Waals surface area contributed by atoms with E-state index in [0.29, 0.717) is 12.5 Å². The minimum absolute atomic E-state index is 0.0113. The molecule has 2 aromatic rings. The van der Waals surface area contributed by atoms with Crippen LogP contribution >= 0.6 is 0 Å². The zero-order chi connectivity index (χ0) is 17.4. The number of rotatable bonds is 8. The second-order valence-electron chi connectivity index (χ2n) is 5.76. The molecule has 0 aliphatic carbocycles. The Morgan fingerprint density at radius 3 is 2.71 bits per heavy atom. The summed E-state index contributed by atoms with van der Waals surface area (Å²) in [6.07, 6.45) is 1.03. The van der Waals surface area contributed by atoms with Crippen molar-refractivity contribution in [3.05, 3.63) is 59.7 Å². The Balaban J connectivity index is 1.87. The molecule has 1 unspecified atom stereocenters. The minimum atomic E-state index is -0.142. The minimum Gasteiger partial charge on any atom is -0.497 e. The van der Waals surface area contributed by atoms with E-state index in [4.69, 9.17) is 9.47 Å². The van der Waals surface area contributed by atoms with Crippen LogP contribution in [0.25, 0.3) is 0 Å². The predicted octanol–water partition coefficient (Wildman–Crippen LogP) is 3.90. The molecule has 1 amide bonds. The summed E-state index contributed by atoms with van der Waals surface area (Å²) < 4.78 is 10.9. The number of hydrogen-bond donors (Lipinski definition) is 1. The maximum absolute atomic E-state index is 12.0. The highest BCUT2D eigenvalue weighted by molar-refractivity contribution is 5.77. The highest BCUT2D eigenvalue weighted by atomic mass is 16.5. The van der Waals surface area contributed by atoms with Gasteiger partial charge in [0.2, 0.25) is 0 Å². The monoisotopic (exact) mass is 327 g/mol. The summed E-state index contributed by atoms with van der Waals surface area (Å²) in [7, 11) is 1.63. The van der Waals surface area contributed by atoms with Crippen molar-refractivity contribution in [3.8, 4) is 11.5 Å². The SMILES string of the molecule is CCC(C)c1ccccc1OCC(=O)NCc1cccc(OC)c1. The van der Waals surface area contributed by atoms with Crippen molar-refractivity contribution in [2.24, 2.45) is 0 Å². The first-order valence-electron chi connectivity index (χ1n) is 8.25. The maximum atomic E-state index is 12.0. The number of ether oxygens (including phenoxy) is 2. The van der Waals surface area contributed by atoms with Gasteiger partial charge in [-0.15, -0.1) is 0 Å². The number of para-hydroxylation sites is 1. The fraction of sp³-hybridized carbons (Fsp3) is 0.350. The van der Waals surface area contributed by atoms with Crippen LogP contribution in [0.1, 0.15) is 37.3 Å². The molecule has 0 aliphatic rings. The van der Waals surface area contributed by atoms with Crippen LogP contribution < -0.4 is 14.8 Å². The zero-order valence-corrected chi connectivity index (χ0v) is 14.5. The van der Waals surface area contributed by atoms with Gasteiger partial charge in [0.25, 0.3) is 5.91 Å². The average Bonchev–Trinajstić information content (AvgIpc) is 2.64. The van der Waals surface area contributed by atoms with Crippen molar-refractivity contribution < 1.29 is 14.3 Å². The summed E-state index contributed by atoms with van der Waals surface area (Å²) >= 11 is 0. The number of hydrogen-bond acceptors (Lipinski definition) is 3. The maximum Gasteiger partial charge on any atom is 0.258 e. The van der Waals surface area contributed by atoms with Gasteiger partial charge in [-0.2, -0.15) is 0 Å². The number of methoxy groups -OCH3 is 1. The van der Waals surface area contributed by atoms with Crippen molar-refractivity contribution in [3.63, 3.8) is 0 Å². The lowest BCUT2D eigenvalue weighted by Gasteiger charge is -2.15. The molecule has 0 aliphatic heterocycles. The van der Waals surface area contributed by atoms with Crippen molar-refractivity contribution in [2.75, 3.05) is 13.7 Å². The van der Waals surface area contributed by atoms with E-state index in [1.165, 1.54) is 0 Å². The average molecular weight is 327 g/mol. The smallest absolute Gasteiger partial charge is 0.258 e. The third-order valence-corrected chi connectivity index (χ3v) is 4.04. The molecule has 2 aromatic carbocycles. The van der Waals surface area contributed by atoms with Gasteiger partial charge in [0, 0.05) is 6.54 Å². The second-order valence-corrected chi connectivity index (χ2v) is 5.76. The molecule has 0 radical (unpaired) electrons. The van der Waals surface area contributed by atoms with E-state index in [2.05, 4.69) is 25.2 Å². The molecule has 128 valence electrons. The molecule has 0 saturated heterocycles. The predicted molar refractivity (Wildman–Crippen MR) is 95.5 cm³/mol. The third kappa shape index (κ3) is 5.01. The van der Waals surface area contributed by atoms with Crippen molar-refractivity contribution in [1.82, 2.24) is 5.32 Å². The van der Waals surface area contributed by atoms with E-state index in [9.17, 15) is 4.79 Å². The van der Waals surface area contributed by atoms with Gasteiger partial charge in [-0.25, -0.2) is 0 Å². The fourth-order valence-corrected chi connectivity index (χ4v) is 2.42. The lowest BCUT2D eigenvalue weighted by atomic mass is 9.98.